The Morgan fingerprint density at radius 2 is 2.00 bits per heavy atom. The number of thiophene rings is 1. The number of alkyl halides is 3. The summed E-state index contributed by atoms with van der Waals surface area (Å²) < 4.78 is 68.5. The van der Waals surface area contributed by atoms with Crippen LogP contribution in [0.25, 0.3) is 10.7 Å². The molecule has 0 N–H and O–H groups in total. The maximum atomic E-state index is 13.3. The van der Waals surface area contributed by atoms with E-state index in [2.05, 4.69) is 14.7 Å². The standard InChI is InChI=1S/C18H12F5N3O2S/c19-11-2-1-9(5-12(11)20)6-15(27)26-4-3-13-10(8-26)7-14(29-13)16-24-17(28-25-16)18(21,22)23/h1-2,5,7H,3-4,6,8H2. The number of fused-ring (bicyclic) bond motifs is 1. The lowest BCUT2D eigenvalue weighted by Crippen LogP contribution is -2.36. The maximum Gasteiger partial charge on any atom is 0.471 e. The number of carbonyl (C=O) groups is 1. The van der Waals surface area contributed by atoms with Crippen molar-refractivity contribution < 1.29 is 31.3 Å². The normalized spacial score (nSPS) is 14.2. The van der Waals surface area contributed by atoms with Gasteiger partial charge >= 0.3 is 12.1 Å². The lowest BCUT2D eigenvalue weighted by Gasteiger charge is -2.27. The van der Waals surface area contributed by atoms with Gasteiger partial charge in [0.2, 0.25) is 11.7 Å². The van der Waals surface area contributed by atoms with Crippen LogP contribution in [0.3, 0.4) is 0 Å². The average molecular weight is 429 g/mol. The minimum Gasteiger partial charge on any atom is -0.338 e. The molecule has 152 valence electrons. The molecule has 5 nitrogen and oxygen atoms in total. The van der Waals surface area contributed by atoms with Crippen LogP contribution in [0.15, 0.2) is 28.8 Å². The summed E-state index contributed by atoms with van der Waals surface area (Å²) in [6, 6.07) is 4.95. The summed E-state index contributed by atoms with van der Waals surface area (Å²) >= 11 is 1.25. The Hall–Kier alpha value is -2.82. The van der Waals surface area contributed by atoms with Crippen molar-refractivity contribution in [3.8, 4) is 10.7 Å². The Labute approximate surface area is 164 Å². The van der Waals surface area contributed by atoms with Crippen LogP contribution in [0, 0.1) is 11.6 Å². The van der Waals surface area contributed by atoms with Crippen LogP contribution in [0.2, 0.25) is 0 Å². The first-order valence-corrected chi connectivity index (χ1v) is 9.27. The molecule has 11 heteroatoms. The highest BCUT2D eigenvalue weighted by Crippen LogP contribution is 2.35. The first-order chi connectivity index (χ1) is 13.7. The third kappa shape index (κ3) is 4.00. The van der Waals surface area contributed by atoms with Crippen molar-refractivity contribution in [3.05, 3.63) is 57.8 Å². The van der Waals surface area contributed by atoms with E-state index in [0.29, 0.717) is 23.4 Å². The fourth-order valence-electron chi connectivity index (χ4n) is 3.03. The average Bonchev–Trinajstić information content (AvgIpc) is 3.30. The van der Waals surface area contributed by atoms with Gasteiger partial charge in [-0.15, -0.1) is 11.3 Å². The van der Waals surface area contributed by atoms with Crippen molar-refractivity contribution in [1.82, 2.24) is 15.0 Å². The van der Waals surface area contributed by atoms with Gasteiger partial charge in [0.25, 0.3) is 0 Å². The van der Waals surface area contributed by atoms with E-state index in [0.717, 1.165) is 22.6 Å². The molecular formula is C18H12F5N3O2S. The van der Waals surface area contributed by atoms with Crippen molar-refractivity contribution in [2.45, 2.75) is 25.6 Å². The van der Waals surface area contributed by atoms with Gasteiger partial charge in [-0.2, -0.15) is 18.2 Å². The molecule has 1 aliphatic rings. The Kier molecular flexibility index (Phi) is 4.85. The molecule has 0 unspecified atom stereocenters. The van der Waals surface area contributed by atoms with Crippen LogP contribution in [0.5, 0.6) is 0 Å². The first-order valence-electron chi connectivity index (χ1n) is 8.45. The van der Waals surface area contributed by atoms with Crippen molar-refractivity contribution in [2.24, 2.45) is 0 Å². The van der Waals surface area contributed by atoms with Gasteiger partial charge in [-0.3, -0.25) is 4.79 Å². The van der Waals surface area contributed by atoms with Crippen LogP contribution >= 0.6 is 11.3 Å². The summed E-state index contributed by atoms with van der Waals surface area (Å²) in [5, 5.41) is 3.38. The Bertz CT molecular complexity index is 1080. The monoisotopic (exact) mass is 429 g/mol. The summed E-state index contributed by atoms with van der Waals surface area (Å²) in [5.41, 5.74) is 1.14. The quantitative estimate of drug-likeness (QED) is 0.585. The molecule has 1 aliphatic heterocycles. The molecule has 4 rings (SSSR count). The molecule has 1 aromatic carbocycles. The highest BCUT2D eigenvalue weighted by molar-refractivity contribution is 7.15. The van der Waals surface area contributed by atoms with E-state index in [1.165, 1.54) is 17.4 Å². The molecule has 3 heterocycles. The van der Waals surface area contributed by atoms with Gasteiger partial charge in [-0.25, -0.2) is 8.78 Å². The summed E-state index contributed by atoms with van der Waals surface area (Å²) in [5.74, 6) is -3.83. The predicted octanol–water partition coefficient (Wildman–Crippen LogP) is 4.22. The fourth-order valence-corrected chi connectivity index (χ4v) is 4.12. The molecular weight excluding hydrogens is 417 g/mol. The zero-order valence-electron chi connectivity index (χ0n) is 14.6. The molecule has 3 aromatic rings. The molecule has 29 heavy (non-hydrogen) atoms. The highest BCUT2D eigenvalue weighted by Gasteiger charge is 2.38. The number of hydrogen-bond acceptors (Lipinski definition) is 5. The zero-order valence-corrected chi connectivity index (χ0v) is 15.4. The third-order valence-electron chi connectivity index (χ3n) is 4.45. The Morgan fingerprint density at radius 3 is 2.69 bits per heavy atom. The second-order valence-electron chi connectivity index (χ2n) is 6.47. The number of amides is 1. The molecule has 0 fully saturated rings. The second kappa shape index (κ2) is 7.21. The number of halogens is 5. The van der Waals surface area contributed by atoms with E-state index in [-0.39, 0.29) is 24.7 Å². The van der Waals surface area contributed by atoms with Crippen molar-refractivity contribution in [1.29, 1.82) is 0 Å². The van der Waals surface area contributed by atoms with Gasteiger partial charge in [0, 0.05) is 18.0 Å². The van der Waals surface area contributed by atoms with Gasteiger partial charge in [0.1, 0.15) is 0 Å². The van der Waals surface area contributed by atoms with Gasteiger partial charge in [0.05, 0.1) is 11.3 Å². The number of nitrogens with zero attached hydrogens (tertiary/aromatic N) is 3. The minimum absolute atomic E-state index is 0.0800. The highest BCUT2D eigenvalue weighted by atomic mass is 32.1. The largest absolute Gasteiger partial charge is 0.471 e. The van der Waals surface area contributed by atoms with Crippen molar-refractivity contribution >= 4 is 17.2 Å². The zero-order chi connectivity index (χ0) is 20.8. The van der Waals surface area contributed by atoms with Gasteiger partial charge < -0.3 is 9.42 Å². The lowest BCUT2D eigenvalue weighted by atomic mass is 10.1. The lowest BCUT2D eigenvalue weighted by molar-refractivity contribution is -0.159. The number of aromatic nitrogens is 2. The first kappa shape index (κ1) is 19.5. The number of rotatable bonds is 3. The van der Waals surface area contributed by atoms with E-state index < -0.39 is 23.7 Å². The van der Waals surface area contributed by atoms with Crippen LogP contribution < -0.4 is 0 Å². The van der Waals surface area contributed by atoms with Gasteiger partial charge in [0.15, 0.2) is 11.6 Å². The molecule has 0 radical (unpaired) electrons. The fraction of sp³-hybridized carbons (Fsp3) is 0.278. The van der Waals surface area contributed by atoms with Crippen LogP contribution in [-0.4, -0.2) is 27.5 Å². The molecule has 1 amide bonds. The molecule has 0 aliphatic carbocycles. The molecule has 0 saturated heterocycles. The topological polar surface area (TPSA) is 59.2 Å². The summed E-state index contributed by atoms with van der Waals surface area (Å²) in [6.45, 7) is 0.674. The third-order valence-corrected chi connectivity index (χ3v) is 5.68. The van der Waals surface area contributed by atoms with Crippen LogP contribution in [-0.2, 0) is 30.4 Å². The summed E-state index contributed by atoms with van der Waals surface area (Å²) in [6.07, 6.45) is -4.28. The van der Waals surface area contributed by atoms with Crippen molar-refractivity contribution in [3.63, 3.8) is 0 Å². The van der Waals surface area contributed by atoms with Crippen LogP contribution in [0.1, 0.15) is 21.9 Å². The SMILES string of the molecule is O=C(Cc1ccc(F)c(F)c1)N1CCc2sc(-c3noc(C(F)(F)F)n3)cc2C1. The summed E-state index contributed by atoms with van der Waals surface area (Å²) in [4.78, 5) is 18.8. The van der Waals surface area contributed by atoms with Gasteiger partial charge in [-0.05, 0) is 35.7 Å². The number of carbonyl (C=O) groups excluding carboxylic acids is 1. The number of hydrogen-bond donors (Lipinski definition) is 0. The minimum atomic E-state index is -4.72. The van der Waals surface area contributed by atoms with E-state index >= 15 is 0 Å². The maximum absolute atomic E-state index is 13.3. The Morgan fingerprint density at radius 1 is 1.21 bits per heavy atom. The van der Waals surface area contributed by atoms with Gasteiger partial charge in [-0.1, -0.05) is 11.2 Å². The molecule has 0 bridgehead atoms. The molecule has 0 saturated carbocycles. The number of benzene rings is 1. The predicted molar refractivity (Wildman–Crippen MR) is 91.8 cm³/mol. The van der Waals surface area contributed by atoms with E-state index in [4.69, 9.17) is 0 Å². The second-order valence-corrected chi connectivity index (χ2v) is 7.61. The molecule has 0 spiro atoms. The van der Waals surface area contributed by atoms with E-state index in [1.807, 2.05) is 0 Å². The smallest absolute Gasteiger partial charge is 0.338 e. The van der Waals surface area contributed by atoms with Crippen LogP contribution in [0.4, 0.5) is 22.0 Å². The molecule has 0 atom stereocenters. The van der Waals surface area contributed by atoms with E-state index in [1.54, 1.807) is 11.0 Å². The molecule has 2 aromatic heterocycles. The van der Waals surface area contributed by atoms with E-state index in [9.17, 15) is 26.7 Å². The van der Waals surface area contributed by atoms with Crippen molar-refractivity contribution in [2.75, 3.05) is 6.54 Å². The summed E-state index contributed by atoms with van der Waals surface area (Å²) in [7, 11) is 0. The Balaban J connectivity index is 1.48.